The molecule has 10 nitrogen and oxygen atoms in total. The first-order chi connectivity index (χ1) is 17.9. The van der Waals surface area contributed by atoms with Gasteiger partial charge in [0.2, 0.25) is 6.03 Å². The first kappa shape index (κ1) is 27.7. The maximum absolute atomic E-state index is 12.6. The fraction of sp³-hybridized carbons (Fsp3) is 0.643. The number of likely N-dealkylation sites (tertiary alicyclic amines) is 1. The highest BCUT2D eigenvalue weighted by Crippen LogP contribution is 2.32. The Bertz CT molecular complexity index is 1080. The van der Waals surface area contributed by atoms with Crippen LogP contribution in [0.2, 0.25) is 0 Å². The van der Waals surface area contributed by atoms with E-state index in [2.05, 4.69) is 12.2 Å². The zero-order valence-corrected chi connectivity index (χ0v) is 23.0. The predicted molar refractivity (Wildman–Crippen MR) is 141 cm³/mol. The van der Waals surface area contributed by atoms with Gasteiger partial charge in [-0.15, -0.1) is 0 Å². The zero-order valence-electron chi connectivity index (χ0n) is 23.0. The minimum atomic E-state index is -1.29. The lowest BCUT2D eigenvalue weighted by atomic mass is 9.84. The lowest BCUT2D eigenvalue weighted by molar-refractivity contribution is -0.189. The Hall–Kier alpha value is -3.30. The quantitative estimate of drug-likeness (QED) is 0.335. The molecule has 1 N–H and O–H groups in total. The molecule has 4 rings (SSSR count). The Balaban J connectivity index is 1.26. The van der Waals surface area contributed by atoms with E-state index in [9.17, 15) is 19.8 Å². The molecule has 0 bridgehead atoms. The molecular formula is C28H39N4O6-. The Morgan fingerprint density at radius 1 is 1.16 bits per heavy atom. The van der Waals surface area contributed by atoms with Gasteiger partial charge < -0.3 is 29.8 Å². The van der Waals surface area contributed by atoms with E-state index < -0.39 is 23.9 Å². The summed E-state index contributed by atoms with van der Waals surface area (Å²) in [4.78, 5) is 40.8. The normalized spacial score (nSPS) is 22.0. The monoisotopic (exact) mass is 527 g/mol. The lowest BCUT2D eigenvalue weighted by Crippen LogP contribution is -2.47. The van der Waals surface area contributed by atoms with Crippen LogP contribution in [0.3, 0.4) is 0 Å². The van der Waals surface area contributed by atoms with Gasteiger partial charge in [0.1, 0.15) is 11.8 Å². The number of urea groups is 1. The molecule has 1 aromatic carbocycles. The molecular weight excluding hydrogens is 488 g/mol. The van der Waals surface area contributed by atoms with E-state index >= 15 is 0 Å². The molecule has 10 heteroatoms. The van der Waals surface area contributed by atoms with Gasteiger partial charge in [0.05, 0.1) is 13.2 Å². The van der Waals surface area contributed by atoms with Gasteiger partial charge in [-0.1, -0.05) is 32.7 Å². The number of cyclic esters (lactones) is 2. The van der Waals surface area contributed by atoms with E-state index in [0.717, 1.165) is 36.1 Å². The van der Waals surface area contributed by atoms with Gasteiger partial charge in [0, 0.05) is 33.4 Å². The predicted octanol–water partition coefficient (Wildman–Crippen LogP) is 4.29. The second-order valence-electron chi connectivity index (χ2n) is 11.4. The molecule has 208 valence electrons. The molecule has 38 heavy (non-hydrogen) atoms. The Morgan fingerprint density at radius 2 is 1.87 bits per heavy atom. The second-order valence-corrected chi connectivity index (χ2v) is 11.4. The standard InChI is InChI=1S/C28H39N4O6/c1-17(2)24(29)30-26(34)31-11-8-19(9-12-31)18(3)10-13-36-22-7-6-20-15-23-25(33)37-28(4,5)38-27(35)32(23)16-21(20)14-22/h6-7,14,17-19,23H,8-13,15-16H2,1-5H3,(H-,29,30,34)/q-1/t18-,23+/m1/s1. The van der Waals surface area contributed by atoms with Crippen molar-refractivity contribution in [2.45, 2.75) is 78.7 Å². The summed E-state index contributed by atoms with van der Waals surface area (Å²) in [6.45, 7) is 11.2. The van der Waals surface area contributed by atoms with Gasteiger partial charge in [-0.3, -0.25) is 9.69 Å². The summed E-state index contributed by atoms with van der Waals surface area (Å²) in [6, 6.07) is 4.87. The number of nitrogens with zero attached hydrogens (tertiary/aromatic N) is 3. The minimum Gasteiger partial charge on any atom is -0.494 e. The van der Waals surface area contributed by atoms with Crippen LogP contribution >= 0.6 is 0 Å². The SMILES string of the molecule is CC(C)C(=[N-])NC(=O)N1CCC([C@H](C)CCOc2ccc3c(c2)CN2C(=O)OC(C)(C)OC(=O)[C@@H]2C3)CC1. The number of carbonyl (C=O) groups is 3. The van der Waals surface area contributed by atoms with E-state index in [4.69, 9.17) is 14.2 Å². The molecule has 3 aliphatic heterocycles. The third-order valence-corrected chi connectivity index (χ3v) is 7.75. The zero-order chi connectivity index (χ0) is 27.6. The van der Waals surface area contributed by atoms with E-state index in [1.165, 1.54) is 4.90 Å². The van der Waals surface area contributed by atoms with Crippen molar-refractivity contribution in [2.75, 3.05) is 19.7 Å². The van der Waals surface area contributed by atoms with Crippen molar-refractivity contribution in [3.8, 4) is 5.75 Å². The third kappa shape index (κ3) is 6.39. The number of amides is 3. The van der Waals surface area contributed by atoms with Crippen molar-refractivity contribution in [1.82, 2.24) is 15.1 Å². The highest BCUT2D eigenvalue weighted by atomic mass is 16.7. The van der Waals surface area contributed by atoms with Gasteiger partial charge in [-0.2, -0.15) is 0 Å². The fourth-order valence-corrected chi connectivity index (χ4v) is 5.26. The molecule has 0 unspecified atom stereocenters. The number of amidine groups is 1. The largest absolute Gasteiger partial charge is 0.494 e. The van der Waals surface area contributed by atoms with E-state index in [1.807, 2.05) is 32.0 Å². The molecule has 1 aromatic rings. The van der Waals surface area contributed by atoms with Crippen molar-refractivity contribution < 1.29 is 28.6 Å². The number of rotatable bonds is 6. The molecule has 2 fully saturated rings. The van der Waals surface area contributed by atoms with E-state index in [0.29, 0.717) is 38.0 Å². The third-order valence-electron chi connectivity index (χ3n) is 7.75. The van der Waals surface area contributed by atoms with Crippen LogP contribution in [0, 0.1) is 17.8 Å². The number of nitrogens with one attached hydrogen (secondary N) is 1. The van der Waals surface area contributed by atoms with Gasteiger partial charge in [-0.05, 0) is 60.3 Å². The molecule has 0 radical (unpaired) electrons. The second kappa shape index (κ2) is 11.2. The summed E-state index contributed by atoms with van der Waals surface area (Å²) in [5.41, 5.74) is 1.93. The van der Waals surface area contributed by atoms with Gasteiger partial charge in [0.15, 0.2) is 0 Å². The summed E-state index contributed by atoms with van der Waals surface area (Å²) in [6.07, 6.45) is 2.54. The number of fused-ring (bicyclic) bond motifs is 2. The molecule has 0 saturated carbocycles. The molecule has 0 aliphatic carbocycles. The van der Waals surface area contributed by atoms with Crippen LogP contribution in [0.25, 0.3) is 5.41 Å². The molecule has 3 amide bonds. The van der Waals surface area contributed by atoms with Gasteiger partial charge >= 0.3 is 12.1 Å². The average molecular weight is 528 g/mol. The number of hydrogen-bond donors (Lipinski definition) is 1. The fourth-order valence-electron chi connectivity index (χ4n) is 5.26. The molecule has 2 saturated heterocycles. The molecule has 3 heterocycles. The minimum absolute atomic E-state index is 0.00227. The molecule has 3 aliphatic rings. The molecule has 2 atom stereocenters. The lowest BCUT2D eigenvalue weighted by Gasteiger charge is -2.37. The number of ether oxygens (including phenoxy) is 3. The summed E-state index contributed by atoms with van der Waals surface area (Å²) in [5, 5.41) is 12.4. The maximum atomic E-state index is 12.6. The van der Waals surface area contributed by atoms with E-state index in [1.54, 1.807) is 18.7 Å². The van der Waals surface area contributed by atoms with Crippen molar-refractivity contribution in [2.24, 2.45) is 17.8 Å². The average Bonchev–Trinajstić information content (AvgIpc) is 2.94. The van der Waals surface area contributed by atoms with Crippen molar-refractivity contribution in [3.05, 3.63) is 34.7 Å². The van der Waals surface area contributed by atoms with Crippen molar-refractivity contribution in [3.63, 3.8) is 0 Å². The topological polar surface area (TPSA) is 120 Å². The first-order valence-corrected chi connectivity index (χ1v) is 13.5. The van der Waals surface area contributed by atoms with Crippen molar-refractivity contribution >= 4 is 23.9 Å². The Labute approximate surface area is 224 Å². The Morgan fingerprint density at radius 3 is 2.55 bits per heavy atom. The van der Waals surface area contributed by atoms with Crippen LogP contribution in [-0.4, -0.2) is 65.3 Å². The van der Waals surface area contributed by atoms with Crippen LogP contribution in [0.5, 0.6) is 5.75 Å². The highest BCUT2D eigenvalue weighted by Gasteiger charge is 2.44. The van der Waals surface area contributed by atoms with Crippen LogP contribution in [0.15, 0.2) is 18.2 Å². The summed E-state index contributed by atoms with van der Waals surface area (Å²) >= 11 is 0. The van der Waals surface area contributed by atoms with Crippen molar-refractivity contribution in [1.29, 1.82) is 0 Å². The van der Waals surface area contributed by atoms with Gasteiger partial charge in [0.25, 0.3) is 5.79 Å². The molecule has 0 aromatic heterocycles. The number of hydrogen-bond acceptors (Lipinski definition) is 6. The Kier molecular flexibility index (Phi) is 8.18. The van der Waals surface area contributed by atoms with Crippen LogP contribution in [0.4, 0.5) is 9.59 Å². The first-order valence-electron chi connectivity index (χ1n) is 13.5. The van der Waals surface area contributed by atoms with Crippen LogP contribution in [-0.2, 0) is 27.2 Å². The van der Waals surface area contributed by atoms with Crippen LogP contribution in [0.1, 0.15) is 65.0 Å². The number of piperidine rings is 1. The summed E-state index contributed by atoms with van der Waals surface area (Å²) < 4.78 is 16.8. The smallest absolute Gasteiger partial charge is 0.414 e. The summed E-state index contributed by atoms with van der Waals surface area (Å²) in [7, 11) is 0. The van der Waals surface area contributed by atoms with E-state index in [-0.39, 0.29) is 24.3 Å². The summed E-state index contributed by atoms with van der Waals surface area (Å²) in [5.74, 6) is -0.184. The number of carbonyl (C=O) groups excluding carboxylic acids is 3. The van der Waals surface area contributed by atoms with Gasteiger partial charge in [-0.25, -0.2) is 9.59 Å². The molecule has 0 spiro atoms. The number of benzene rings is 1. The number of esters is 1. The van der Waals surface area contributed by atoms with Crippen LogP contribution < -0.4 is 10.1 Å². The highest BCUT2D eigenvalue weighted by molar-refractivity contribution is 6.00. The maximum Gasteiger partial charge on any atom is 0.414 e.